The lowest BCUT2D eigenvalue weighted by atomic mass is 10.0. The van der Waals surface area contributed by atoms with Crippen molar-refractivity contribution in [1.29, 1.82) is 0 Å². The van der Waals surface area contributed by atoms with Crippen molar-refractivity contribution in [3.63, 3.8) is 0 Å². The average Bonchev–Trinajstić information content (AvgIpc) is 3.17. The summed E-state index contributed by atoms with van der Waals surface area (Å²) in [5.74, 6) is 2.40. The first-order chi connectivity index (χ1) is 12.4. The van der Waals surface area contributed by atoms with Gasteiger partial charge in [0.15, 0.2) is 0 Å². The Kier molecular flexibility index (Phi) is 5.32. The second-order valence-electron chi connectivity index (χ2n) is 7.01. The second-order valence-corrected chi connectivity index (χ2v) is 7.01. The third-order valence-corrected chi connectivity index (χ3v) is 5.13. The summed E-state index contributed by atoms with van der Waals surface area (Å²) in [6.45, 7) is 10.2. The fraction of sp³-hybridized carbons (Fsp3) is 0.500. The predicted molar refractivity (Wildman–Crippen MR) is 100 cm³/mol. The Balaban J connectivity index is 1.76. The first-order valence-corrected chi connectivity index (χ1v) is 8.99. The van der Waals surface area contributed by atoms with Crippen molar-refractivity contribution < 1.29 is 13.9 Å². The van der Waals surface area contributed by atoms with Gasteiger partial charge >= 0.3 is 0 Å². The van der Waals surface area contributed by atoms with Crippen LogP contribution in [0.1, 0.15) is 35.9 Å². The molecule has 0 unspecified atom stereocenters. The van der Waals surface area contributed by atoms with Crippen molar-refractivity contribution in [1.82, 2.24) is 15.2 Å². The van der Waals surface area contributed by atoms with E-state index in [0.29, 0.717) is 5.89 Å². The Bertz CT molecular complexity index is 813. The summed E-state index contributed by atoms with van der Waals surface area (Å²) in [6, 6.07) is 4.18. The van der Waals surface area contributed by atoms with Crippen LogP contribution in [-0.4, -0.2) is 42.0 Å². The first kappa shape index (κ1) is 18.5. The number of amides is 1. The van der Waals surface area contributed by atoms with E-state index in [1.165, 1.54) is 0 Å². The molecule has 1 saturated heterocycles. The highest BCUT2D eigenvalue weighted by molar-refractivity contribution is 5.73. The van der Waals surface area contributed by atoms with Gasteiger partial charge in [0.25, 0.3) is 0 Å². The van der Waals surface area contributed by atoms with Gasteiger partial charge in [0.2, 0.25) is 11.8 Å². The highest BCUT2D eigenvalue weighted by Gasteiger charge is 2.25. The Morgan fingerprint density at radius 3 is 2.81 bits per heavy atom. The van der Waals surface area contributed by atoms with Gasteiger partial charge in [-0.25, -0.2) is 4.98 Å². The van der Waals surface area contributed by atoms with Crippen LogP contribution in [0.25, 0.3) is 11.5 Å². The maximum Gasteiger partial charge on any atom is 0.226 e. The number of nitrogens with one attached hydrogen (secondary N) is 1. The second kappa shape index (κ2) is 7.50. The first-order valence-electron chi connectivity index (χ1n) is 8.99. The average molecular weight is 357 g/mol. The summed E-state index contributed by atoms with van der Waals surface area (Å²) in [5, 5.41) is 2.99. The Morgan fingerprint density at radius 1 is 1.35 bits per heavy atom. The minimum Gasteiger partial charge on any atom is -0.496 e. The fourth-order valence-corrected chi connectivity index (χ4v) is 3.53. The smallest absolute Gasteiger partial charge is 0.226 e. The fourth-order valence-electron chi connectivity index (χ4n) is 3.53. The molecular formula is C20H27N3O3. The van der Waals surface area contributed by atoms with Gasteiger partial charge in [-0.3, -0.25) is 9.69 Å². The molecule has 2 heterocycles. The lowest BCUT2D eigenvalue weighted by Gasteiger charge is -2.15. The van der Waals surface area contributed by atoms with Gasteiger partial charge in [0.05, 0.1) is 12.8 Å². The molecule has 0 spiro atoms. The van der Waals surface area contributed by atoms with Gasteiger partial charge in [-0.2, -0.15) is 0 Å². The summed E-state index contributed by atoms with van der Waals surface area (Å²) in [5.41, 5.74) is 4.16. The Labute approximate surface area is 154 Å². The largest absolute Gasteiger partial charge is 0.496 e. The molecular weight excluding hydrogens is 330 g/mol. The number of ether oxygens (including phenoxy) is 1. The molecule has 1 aromatic carbocycles. The molecule has 1 N–H and O–H groups in total. The number of carbonyl (C=O) groups is 1. The summed E-state index contributed by atoms with van der Waals surface area (Å²) in [4.78, 5) is 18.3. The molecule has 3 rings (SSSR count). The Morgan fingerprint density at radius 2 is 2.12 bits per heavy atom. The minimum atomic E-state index is 0.0297. The Hall–Kier alpha value is -2.34. The number of carbonyl (C=O) groups excluding carboxylic acids is 1. The highest BCUT2D eigenvalue weighted by atomic mass is 16.5. The van der Waals surface area contributed by atoms with Gasteiger partial charge < -0.3 is 14.5 Å². The third-order valence-electron chi connectivity index (χ3n) is 5.13. The molecule has 0 aliphatic carbocycles. The number of hydrogen-bond acceptors (Lipinski definition) is 5. The van der Waals surface area contributed by atoms with E-state index in [9.17, 15) is 4.79 Å². The molecule has 0 bridgehead atoms. The predicted octanol–water partition coefficient (Wildman–Crippen LogP) is 2.99. The van der Waals surface area contributed by atoms with E-state index in [2.05, 4.69) is 17.1 Å². The SMILES string of the molecule is COc1ccc(-c2nc(CN3CC[C@@H](NC(C)=O)C3)c(C)o2)c(C)c1C. The minimum absolute atomic E-state index is 0.0297. The van der Waals surface area contributed by atoms with Crippen molar-refractivity contribution in [3.8, 4) is 17.2 Å². The molecule has 6 heteroatoms. The number of aromatic nitrogens is 1. The van der Waals surface area contributed by atoms with Crippen molar-refractivity contribution in [2.75, 3.05) is 20.2 Å². The number of aryl methyl sites for hydroxylation is 1. The normalized spacial score (nSPS) is 17.5. The van der Waals surface area contributed by atoms with E-state index in [1.807, 2.05) is 26.0 Å². The van der Waals surface area contributed by atoms with Gasteiger partial charge in [0, 0.05) is 38.2 Å². The number of likely N-dealkylation sites (tertiary alicyclic amines) is 1. The zero-order valence-electron chi connectivity index (χ0n) is 16.2. The standard InChI is InChI=1S/C20H27N3O3/c1-12-13(2)19(25-5)7-6-17(12)20-22-18(14(3)26-20)11-23-9-8-16(10-23)21-15(4)24/h6-7,16H,8-11H2,1-5H3,(H,21,24)/t16-/m1/s1. The number of hydrogen-bond donors (Lipinski definition) is 1. The molecule has 26 heavy (non-hydrogen) atoms. The van der Waals surface area contributed by atoms with Crippen LogP contribution in [0.3, 0.4) is 0 Å². The van der Waals surface area contributed by atoms with Gasteiger partial charge in [-0.05, 0) is 50.5 Å². The topological polar surface area (TPSA) is 67.6 Å². The molecule has 140 valence electrons. The lowest BCUT2D eigenvalue weighted by Crippen LogP contribution is -2.35. The number of nitrogens with zero attached hydrogens (tertiary/aromatic N) is 2. The van der Waals surface area contributed by atoms with Crippen molar-refractivity contribution in [3.05, 3.63) is 34.7 Å². The van der Waals surface area contributed by atoms with Crippen LogP contribution in [0.4, 0.5) is 0 Å². The number of rotatable bonds is 5. The van der Waals surface area contributed by atoms with Crippen LogP contribution in [0.5, 0.6) is 5.75 Å². The zero-order valence-corrected chi connectivity index (χ0v) is 16.2. The maximum absolute atomic E-state index is 11.2. The molecule has 0 saturated carbocycles. The van der Waals surface area contributed by atoms with Gasteiger partial charge in [-0.1, -0.05) is 0 Å². The molecule has 1 atom stereocenters. The van der Waals surface area contributed by atoms with Crippen molar-refractivity contribution in [2.24, 2.45) is 0 Å². The van der Waals surface area contributed by atoms with Crippen LogP contribution in [0, 0.1) is 20.8 Å². The van der Waals surface area contributed by atoms with Crippen LogP contribution in [0.15, 0.2) is 16.5 Å². The molecule has 1 aliphatic rings. The monoisotopic (exact) mass is 357 g/mol. The lowest BCUT2D eigenvalue weighted by molar-refractivity contribution is -0.119. The molecule has 1 aromatic heterocycles. The van der Waals surface area contributed by atoms with Crippen LogP contribution in [-0.2, 0) is 11.3 Å². The number of benzene rings is 1. The summed E-state index contributed by atoms with van der Waals surface area (Å²) in [6.07, 6.45) is 0.972. The molecule has 1 fully saturated rings. The van der Waals surface area contributed by atoms with E-state index >= 15 is 0 Å². The van der Waals surface area contributed by atoms with E-state index in [-0.39, 0.29) is 11.9 Å². The summed E-state index contributed by atoms with van der Waals surface area (Å²) in [7, 11) is 1.68. The molecule has 0 radical (unpaired) electrons. The van der Waals surface area contributed by atoms with Crippen molar-refractivity contribution >= 4 is 5.91 Å². The molecule has 6 nitrogen and oxygen atoms in total. The van der Waals surface area contributed by atoms with E-state index in [0.717, 1.165) is 59.9 Å². The quantitative estimate of drug-likeness (QED) is 0.891. The summed E-state index contributed by atoms with van der Waals surface area (Å²) >= 11 is 0. The maximum atomic E-state index is 11.2. The van der Waals surface area contributed by atoms with E-state index in [4.69, 9.17) is 14.1 Å². The molecule has 1 amide bonds. The third kappa shape index (κ3) is 3.75. The molecule has 2 aromatic rings. The molecule has 1 aliphatic heterocycles. The van der Waals surface area contributed by atoms with Gasteiger partial charge in [0.1, 0.15) is 11.5 Å². The summed E-state index contributed by atoms with van der Waals surface area (Å²) < 4.78 is 11.3. The van der Waals surface area contributed by atoms with E-state index in [1.54, 1.807) is 14.0 Å². The van der Waals surface area contributed by atoms with Gasteiger partial charge in [-0.15, -0.1) is 0 Å². The van der Waals surface area contributed by atoms with Crippen LogP contribution in [0.2, 0.25) is 0 Å². The number of methoxy groups -OCH3 is 1. The van der Waals surface area contributed by atoms with Crippen molar-refractivity contribution in [2.45, 2.75) is 46.7 Å². The number of oxazole rings is 1. The van der Waals surface area contributed by atoms with E-state index < -0.39 is 0 Å². The van der Waals surface area contributed by atoms with Crippen LogP contribution >= 0.6 is 0 Å². The van der Waals surface area contributed by atoms with Crippen LogP contribution < -0.4 is 10.1 Å². The highest BCUT2D eigenvalue weighted by Crippen LogP contribution is 2.32. The zero-order chi connectivity index (χ0) is 18.8.